The zero-order valence-corrected chi connectivity index (χ0v) is 62.4. The van der Waals surface area contributed by atoms with Gasteiger partial charge in [0.05, 0.1) is 76.8 Å². The Labute approximate surface area is 600 Å². The van der Waals surface area contributed by atoms with Gasteiger partial charge in [0, 0.05) is 69.8 Å². The Hall–Kier alpha value is -5.62. The first-order chi connectivity index (χ1) is 47.0. The van der Waals surface area contributed by atoms with E-state index in [1.165, 1.54) is 14.0 Å². The van der Waals surface area contributed by atoms with Gasteiger partial charge >= 0.3 is 12.0 Å². The first-order valence-electron chi connectivity index (χ1n) is 35.0. The minimum absolute atomic E-state index is 0.00963. The Bertz CT molecular complexity index is 3130. The number of carbonyl (C=O) groups is 6. The van der Waals surface area contributed by atoms with E-state index in [9.17, 15) is 54.3 Å². The number of nitrogens with one attached hydrogen (secondary N) is 5. The summed E-state index contributed by atoms with van der Waals surface area (Å²) in [6, 6.07) is 17.7. The molecule has 10 N–H and O–H groups in total. The lowest BCUT2D eigenvalue weighted by molar-refractivity contribution is -0.318. The average molecular weight is 1440 g/mol. The van der Waals surface area contributed by atoms with Crippen LogP contribution in [0.4, 0.5) is 16.2 Å². The van der Waals surface area contributed by atoms with Crippen molar-refractivity contribution in [3.63, 3.8) is 0 Å². The van der Waals surface area contributed by atoms with Crippen molar-refractivity contribution in [3.8, 4) is 0 Å². The van der Waals surface area contributed by atoms with Gasteiger partial charge in [-0.25, -0.2) is 4.79 Å². The molecule has 3 saturated heterocycles. The summed E-state index contributed by atoms with van der Waals surface area (Å²) in [5.74, 6) is -5.71. The van der Waals surface area contributed by atoms with E-state index in [1.807, 2.05) is 51.6 Å². The molecule has 0 aromatic heterocycles. The van der Waals surface area contributed by atoms with Crippen molar-refractivity contribution < 1.29 is 82.7 Å². The standard InChI is InChI=1S/C73H112Cl2N8O17/c1-16-56-73(12,94)64(88)47(8)82(41-43(4)37-71(10,93)66(100-69-62(87)55(81(13)14)34-44(5)96-69)45(6)63(46(7)68(91)98-56)99-60-38-72(11,95-15)65(89)48(9)97-60)32-23-31-76-58(85)39-78-70(92)83(33-30-42(2)3)67(90)54(35-49-24-18-17-19-25-49)79-59(86)40-77-57(84)36-50-26-20-21-29-53(50)80-61-51(74)27-22-28-52(61)75/h17-22,24-29,42-48,54-56,60,62-66,69,80,87-89,93-94H,16,23,30-41H2,1-15H3,(H,76,85)(H,77,84)(H,78,92)(H,79,86). The van der Waals surface area contributed by atoms with Crippen molar-refractivity contribution in [1.82, 2.24) is 36.0 Å². The van der Waals surface area contributed by atoms with Crippen molar-refractivity contribution in [2.75, 3.05) is 65.8 Å². The second kappa shape index (κ2) is 37.7. The van der Waals surface area contributed by atoms with Gasteiger partial charge in [-0.1, -0.05) is 112 Å². The number of benzene rings is 3. The lowest BCUT2D eigenvalue weighted by atomic mass is 9.77. The molecule has 0 saturated carbocycles. The van der Waals surface area contributed by atoms with Gasteiger partial charge in [-0.2, -0.15) is 0 Å². The molecule has 27 heteroatoms. The topological polar surface area (TPSA) is 329 Å². The lowest BCUT2D eigenvalue weighted by Gasteiger charge is -2.48. The van der Waals surface area contributed by atoms with E-state index in [0.29, 0.717) is 45.4 Å². The van der Waals surface area contributed by atoms with Crippen LogP contribution in [0, 0.1) is 23.7 Å². The summed E-state index contributed by atoms with van der Waals surface area (Å²) in [5, 5.41) is 75.6. The van der Waals surface area contributed by atoms with E-state index in [0.717, 1.165) is 4.90 Å². The van der Waals surface area contributed by atoms with Crippen molar-refractivity contribution in [2.24, 2.45) is 23.7 Å². The molecule has 0 radical (unpaired) electrons. The van der Waals surface area contributed by atoms with Crippen LogP contribution in [0.1, 0.15) is 133 Å². The summed E-state index contributed by atoms with van der Waals surface area (Å²) in [5.41, 5.74) is -2.62. The highest BCUT2D eigenvalue weighted by molar-refractivity contribution is 6.39. The zero-order chi connectivity index (χ0) is 74.1. The normalized spacial score (nSPS) is 31.4. The number of aliphatic hydroxyl groups excluding tert-OH is 3. The number of carbonyl (C=O) groups excluding carboxylic acids is 6. The van der Waals surface area contributed by atoms with Crippen molar-refractivity contribution in [1.29, 1.82) is 0 Å². The lowest BCUT2D eigenvalue weighted by Crippen LogP contribution is -2.60. The summed E-state index contributed by atoms with van der Waals surface area (Å²) < 4.78 is 38.3. The van der Waals surface area contributed by atoms with Crippen LogP contribution in [0.25, 0.3) is 0 Å². The second-order valence-corrected chi connectivity index (χ2v) is 29.7. The molecule has 3 aromatic carbocycles. The molecule has 19 atom stereocenters. The van der Waals surface area contributed by atoms with Gasteiger partial charge in [-0.05, 0) is 136 Å². The monoisotopic (exact) mass is 1440 g/mol. The minimum atomic E-state index is -2.04. The van der Waals surface area contributed by atoms with E-state index in [2.05, 4.69) is 26.6 Å². The smallest absolute Gasteiger partial charge is 0.324 e. The van der Waals surface area contributed by atoms with Crippen LogP contribution in [-0.4, -0.2) is 233 Å². The average Bonchev–Trinajstić information content (AvgIpc) is 1.03. The number of cyclic esters (lactones) is 1. The molecule has 100 heavy (non-hydrogen) atoms. The molecular formula is C73H112Cl2N8O17. The fraction of sp³-hybridized carbons (Fsp3) is 0.671. The molecule has 19 unspecified atom stereocenters. The molecule has 560 valence electrons. The first kappa shape index (κ1) is 83.3. The number of urea groups is 1. The number of para-hydroxylation sites is 2. The number of anilines is 2. The maximum atomic E-state index is 14.8. The quantitative estimate of drug-likeness (QED) is 0.0303. The van der Waals surface area contributed by atoms with Crippen LogP contribution in [-0.2, 0) is 65.2 Å². The summed E-state index contributed by atoms with van der Waals surface area (Å²) in [6.45, 7) is 20.3. The highest BCUT2D eigenvalue weighted by Gasteiger charge is 2.53. The summed E-state index contributed by atoms with van der Waals surface area (Å²) in [7, 11) is 5.17. The molecule has 6 rings (SSSR count). The van der Waals surface area contributed by atoms with Crippen LogP contribution in [0.15, 0.2) is 72.8 Å². The number of hydrogen-bond acceptors (Lipinski definition) is 20. The van der Waals surface area contributed by atoms with E-state index < -0.39 is 151 Å². The number of nitrogens with zero attached hydrogens (tertiary/aromatic N) is 3. The molecule has 25 nitrogen and oxygen atoms in total. The van der Waals surface area contributed by atoms with E-state index in [4.69, 9.17) is 51.6 Å². The van der Waals surface area contributed by atoms with Gasteiger partial charge in [0.1, 0.15) is 36.1 Å². The Morgan fingerprint density at radius 1 is 0.800 bits per heavy atom. The third-order valence-corrected chi connectivity index (χ3v) is 20.4. The Kier molecular flexibility index (Phi) is 31.4. The van der Waals surface area contributed by atoms with Crippen LogP contribution >= 0.6 is 23.2 Å². The number of likely N-dealkylation sites (N-methyl/N-ethyl adjacent to an activating group) is 1. The van der Waals surface area contributed by atoms with Crippen LogP contribution in [0.5, 0.6) is 0 Å². The maximum Gasteiger partial charge on any atom is 0.324 e. The predicted octanol–water partition coefficient (Wildman–Crippen LogP) is 6.50. The van der Waals surface area contributed by atoms with Crippen molar-refractivity contribution in [2.45, 2.75) is 231 Å². The summed E-state index contributed by atoms with van der Waals surface area (Å²) in [4.78, 5) is 89.1. The van der Waals surface area contributed by atoms with Gasteiger partial charge in [-0.15, -0.1) is 0 Å². The third kappa shape index (κ3) is 22.7. The van der Waals surface area contributed by atoms with Gasteiger partial charge in [0.15, 0.2) is 12.6 Å². The summed E-state index contributed by atoms with van der Waals surface area (Å²) >= 11 is 12.8. The zero-order valence-electron chi connectivity index (χ0n) is 60.9. The SMILES string of the molecule is CCC1OC(=O)C(C)C(OC2CC(C)(OC)C(O)C(C)O2)C(C)C(OC2OC(C)CC(N(C)C)C2O)C(C)(O)CC(C)CN(CCCNC(=O)CNC(=O)N(CCC(C)C)C(=O)C(Cc2ccccc2)NC(=O)CNC(=O)Cc2ccccc2Nc2c(Cl)cccc2Cl)C(C)C(O)C1(C)O. The summed E-state index contributed by atoms with van der Waals surface area (Å²) in [6.07, 6.45) is -9.57. The molecule has 3 aromatic rings. The Morgan fingerprint density at radius 2 is 1.45 bits per heavy atom. The molecule has 0 aliphatic carbocycles. The molecular weight excluding hydrogens is 1330 g/mol. The van der Waals surface area contributed by atoms with Crippen LogP contribution in [0.2, 0.25) is 10.0 Å². The number of methoxy groups -OCH3 is 1. The molecule has 3 heterocycles. The minimum Gasteiger partial charge on any atom is -0.459 e. The fourth-order valence-corrected chi connectivity index (χ4v) is 14.4. The Balaban J connectivity index is 1.17. The Morgan fingerprint density at radius 3 is 2.09 bits per heavy atom. The molecule has 6 amide bonds. The first-order valence-corrected chi connectivity index (χ1v) is 35.8. The largest absolute Gasteiger partial charge is 0.459 e. The number of halogens is 2. The number of esters is 1. The van der Waals surface area contributed by atoms with Crippen molar-refractivity contribution in [3.05, 3.63) is 94.0 Å². The maximum absolute atomic E-state index is 14.8. The molecule has 3 aliphatic rings. The number of aliphatic hydroxyl groups is 5. The second-order valence-electron chi connectivity index (χ2n) is 28.9. The van der Waals surface area contributed by atoms with Crippen LogP contribution in [0.3, 0.4) is 0 Å². The highest BCUT2D eigenvalue weighted by Crippen LogP contribution is 2.41. The molecule has 0 spiro atoms. The van der Waals surface area contributed by atoms with Gasteiger partial charge in [0.25, 0.3) is 5.91 Å². The van der Waals surface area contributed by atoms with Gasteiger partial charge in [-0.3, -0.25) is 33.8 Å². The van der Waals surface area contributed by atoms with E-state index >= 15 is 0 Å². The number of ether oxygens (including phenoxy) is 6. The number of imide groups is 1. The molecule has 3 fully saturated rings. The van der Waals surface area contributed by atoms with Crippen molar-refractivity contribution >= 4 is 70.2 Å². The van der Waals surface area contributed by atoms with Gasteiger partial charge in [0.2, 0.25) is 17.7 Å². The van der Waals surface area contributed by atoms with Crippen LogP contribution < -0.4 is 26.6 Å². The number of rotatable bonds is 26. The number of hydrogen-bond donors (Lipinski definition) is 10. The molecule has 3 aliphatic heterocycles. The third-order valence-electron chi connectivity index (χ3n) is 19.8. The number of amides is 6. The fourth-order valence-electron chi connectivity index (χ4n) is 13.9. The van der Waals surface area contributed by atoms with E-state index in [1.54, 1.807) is 121 Å². The van der Waals surface area contributed by atoms with E-state index in [-0.39, 0.29) is 82.8 Å². The van der Waals surface area contributed by atoms with Gasteiger partial charge < -0.3 is 85.4 Å². The molecule has 0 bridgehead atoms. The highest BCUT2D eigenvalue weighted by atomic mass is 35.5. The predicted molar refractivity (Wildman–Crippen MR) is 380 cm³/mol.